The third kappa shape index (κ3) is 2.98. The van der Waals surface area contributed by atoms with Crippen LogP contribution in [0.2, 0.25) is 0 Å². The average Bonchev–Trinajstić information content (AvgIpc) is 3.01. The van der Waals surface area contributed by atoms with Crippen molar-refractivity contribution in [3.8, 4) is 0 Å². The Morgan fingerprint density at radius 2 is 2.10 bits per heavy atom. The van der Waals surface area contributed by atoms with Crippen molar-refractivity contribution in [1.29, 1.82) is 0 Å². The highest BCUT2D eigenvalue weighted by Crippen LogP contribution is 2.57. The minimum Gasteiger partial charge on any atom is -0.314 e. The first-order valence-electron chi connectivity index (χ1n) is 8.16. The van der Waals surface area contributed by atoms with Crippen molar-refractivity contribution in [2.45, 2.75) is 52.0 Å². The molecule has 3 atom stereocenters. The molecule has 1 N–H and O–H groups in total. The van der Waals surface area contributed by atoms with Gasteiger partial charge in [-0.15, -0.1) is 0 Å². The molecule has 1 aromatic rings. The van der Waals surface area contributed by atoms with Gasteiger partial charge in [0.15, 0.2) is 0 Å². The fraction of sp³-hybridized carbons (Fsp3) is 0.667. The van der Waals surface area contributed by atoms with E-state index in [-0.39, 0.29) is 11.2 Å². The molecular weight excluding hydrogens is 268 g/mol. The lowest BCUT2D eigenvalue weighted by molar-refractivity contribution is 0.151. The molecule has 3 heteroatoms. The van der Waals surface area contributed by atoms with E-state index in [2.05, 4.69) is 19.2 Å². The summed E-state index contributed by atoms with van der Waals surface area (Å²) in [5.41, 5.74) is 0.834. The lowest BCUT2D eigenvalue weighted by Gasteiger charge is -2.39. The zero-order valence-corrected chi connectivity index (χ0v) is 13.0. The second-order valence-electron chi connectivity index (χ2n) is 7.39. The van der Waals surface area contributed by atoms with E-state index in [1.165, 1.54) is 31.7 Å². The maximum absolute atomic E-state index is 14.1. The Morgan fingerprint density at radius 1 is 1.29 bits per heavy atom. The van der Waals surface area contributed by atoms with Crippen molar-refractivity contribution in [1.82, 2.24) is 5.32 Å². The summed E-state index contributed by atoms with van der Waals surface area (Å²) >= 11 is 0. The number of rotatable bonds is 5. The van der Waals surface area contributed by atoms with Crippen LogP contribution in [0.15, 0.2) is 18.2 Å². The summed E-state index contributed by atoms with van der Waals surface area (Å²) in [6.07, 6.45) is 5.82. The molecule has 2 saturated carbocycles. The molecule has 0 spiro atoms. The lowest BCUT2D eigenvalue weighted by atomic mass is 9.69. The molecule has 0 amide bonds. The molecule has 0 radical (unpaired) electrons. The van der Waals surface area contributed by atoms with Gasteiger partial charge >= 0.3 is 0 Å². The fourth-order valence-electron chi connectivity index (χ4n) is 4.51. The van der Waals surface area contributed by atoms with Gasteiger partial charge in [-0.1, -0.05) is 26.3 Å². The van der Waals surface area contributed by atoms with Gasteiger partial charge < -0.3 is 5.32 Å². The molecule has 2 aliphatic carbocycles. The van der Waals surface area contributed by atoms with Gasteiger partial charge in [-0.2, -0.15) is 0 Å². The predicted molar refractivity (Wildman–Crippen MR) is 81.1 cm³/mol. The summed E-state index contributed by atoms with van der Waals surface area (Å²) in [5, 5.41) is 3.57. The van der Waals surface area contributed by atoms with Gasteiger partial charge in [0, 0.05) is 18.7 Å². The van der Waals surface area contributed by atoms with Crippen LogP contribution >= 0.6 is 0 Å². The van der Waals surface area contributed by atoms with Crippen LogP contribution in [0, 0.1) is 28.9 Å². The molecule has 0 saturated heterocycles. The first kappa shape index (κ1) is 15.0. The smallest absolute Gasteiger partial charge is 0.129 e. The average molecular weight is 293 g/mol. The summed E-state index contributed by atoms with van der Waals surface area (Å²) < 4.78 is 27.2. The summed E-state index contributed by atoms with van der Waals surface area (Å²) in [5.74, 6) is 0.630. The monoisotopic (exact) mass is 293 g/mol. The summed E-state index contributed by atoms with van der Waals surface area (Å²) in [4.78, 5) is 0. The summed E-state index contributed by atoms with van der Waals surface area (Å²) in [6.45, 7) is 5.25. The molecule has 21 heavy (non-hydrogen) atoms. The highest BCUT2D eigenvalue weighted by Gasteiger charge is 2.50. The molecule has 0 aliphatic heterocycles. The van der Waals surface area contributed by atoms with Gasteiger partial charge in [-0.25, -0.2) is 8.78 Å². The zero-order valence-electron chi connectivity index (χ0n) is 13.0. The molecule has 0 heterocycles. The third-order valence-corrected chi connectivity index (χ3v) is 5.52. The molecular formula is C18H25F2N. The quantitative estimate of drug-likeness (QED) is 0.853. The Bertz CT molecular complexity index is 514. The number of hydrogen-bond donors (Lipinski definition) is 1. The van der Waals surface area contributed by atoms with Crippen LogP contribution in [-0.4, -0.2) is 12.6 Å². The number of hydrogen-bond acceptors (Lipinski definition) is 1. The Hall–Kier alpha value is -0.960. The van der Waals surface area contributed by atoms with Gasteiger partial charge in [0.05, 0.1) is 0 Å². The van der Waals surface area contributed by atoms with Crippen LogP contribution in [0.5, 0.6) is 0 Å². The first-order valence-corrected chi connectivity index (χ1v) is 8.16. The standard InChI is InChI=1S/C18H25F2N/c1-12(2)21-11-18(9-13-3-5-15(18)7-13)10-14-4-6-16(19)8-17(14)20/h4,6,8,12-13,15,21H,3,5,7,9-11H2,1-2H3. The van der Waals surface area contributed by atoms with E-state index in [0.717, 1.165) is 24.9 Å². The van der Waals surface area contributed by atoms with Crippen LogP contribution in [0.4, 0.5) is 8.78 Å². The highest BCUT2D eigenvalue weighted by molar-refractivity contribution is 5.22. The van der Waals surface area contributed by atoms with Crippen molar-refractivity contribution in [3.05, 3.63) is 35.4 Å². The van der Waals surface area contributed by atoms with Crippen LogP contribution in [0.1, 0.15) is 45.1 Å². The van der Waals surface area contributed by atoms with E-state index in [1.807, 2.05) is 0 Å². The molecule has 2 fully saturated rings. The van der Waals surface area contributed by atoms with E-state index in [4.69, 9.17) is 0 Å². The molecule has 1 nitrogen and oxygen atoms in total. The normalized spacial score (nSPS) is 31.3. The van der Waals surface area contributed by atoms with Crippen LogP contribution < -0.4 is 5.32 Å². The van der Waals surface area contributed by atoms with Gasteiger partial charge in [-0.3, -0.25) is 0 Å². The minimum absolute atomic E-state index is 0.159. The third-order valence-electron chi connectivity index (χ3n) is 5.52. The van der Waals surface area contributed by atoms with E-state index in [9.17, 15) is 8.78 Å². The fourth-order valence-corrected chi connectivity index (χ4v) is 4.51. The Balaban J connectivity index is 1.82. The van der Waals surface area contributed by atoms with Crippen molar-refractivity contribution in [2.75, 3.05) is 6.54 Å². The van der Waals surface area contributed by atoms with Crippen molar-refractivity contribution in [3.63, 3.8) is 0 Å². The van der Waals surface area contributed by atoms with Crippen LogP contribution in [0.25, 0.3) is 0 Å². The second-order valence-corrected chi connectivity index (χ2v) is 7.39. The van der Waals surface area contributed by atoms with E-state index < -0.39 is 5.82 Å². The molecule has 3 unspecified atom stereocenters. The Morgan fingerprint density at radius 3 is 2.67 bits per heavy atom. The minimum atomic E-state index is -0.487. The number of fused-ring (bicyclic) bond motifs is 2. The van der Waals surface area contributed by atoms with Crippen LogP contribution in [0.3, 0.4) is 0 Å². The highest BCUT2D eigenvalue weighted by atomic mass is 19.1. The van der Waals surface area contributed by atoms with Crippen molar-refractivity contribution in [2.24, 2.45) is 17.3 Å². The van der Waals surface area contributed by atoms with E-state index in [1.54, 1.807) is 6.07 Å². The molecule has 3 rings (SSSR count). The largest absolute Gasteiger partial charge is 0.314 e. The predicted octanol–water partition coefficient (Wildman–Crippen LogP) is 4.31. The molecule has 116 valence electrons. The Kier molecular flexibility index (Phi) is 4.04. The van der Waals surface area contributed by atoms with Crippen molar-refractivity contribution >= 4 is 0 Å². The lowest BCUT2D eigenvalue weighted by Crippen LogP contribution is -2.42. The van der Waals surface area contributed by atoms with Crippen molar-refractivity contribution < 1.29 is 8.78 Å². The molecule has 1 aromatic carbocycles. The van der Waals surface area contributed by atoms with Gasteiger partial charge in [0.25, 0.3) is 0 Å². The van der Waals surface area contributed by atoms with E-state index >= 15 is 0 Å². The molecule has 2 aliphatic rings. The molecule has 2 bridgehead atoms. The maximum atomic E-state index is 14.1. The summed E-state index contributed by atoms with van der Waals surface area (Å²) in [6, 6.07) is 4.48. The number of benzene rings is 1. The van der Waals surface area contributed by atoms with E-state index in [0.29, 0.717) is 17.5 Å². The SMILES string of the molecule is CC(C)NCC1(Cc2ccc(F)cc2F)CC2CCC1C2. The molecule has 0 aromatic heterocycles. The van der Waals surface area contributed by atoms with Gasteiger partial charge in [-0.05, 0) is 54.6 Å². The Labute approximate surface area is 126 Å². The zero-order chi connectivity index (χ0) is 15.0. The van der Waals surface area contributed by atoms with Crippen LogP contribution in [-0.2, 0) is 6.42 Å². The second kappa shape index (κ2) is 5.68. The number of halogens is 2. The number of nitrogens with one attached hydrogen (secondary N) is 1. The maximum Gasteiger partial charge on any atom is 0.129 e. The van der Waals surface area contributed by atoms with Gasteiger partial charge in [0.1, 0.15) is 11.6 Å². The van der Waals surface area contributed by atoms with Gasteiger partial charge in [0.2, 0.25) is 0 Å². The topological polar surface area (TPSA) is 12.0 Å². The first-order chi connectivity index (χ1) is 9.98. The summed E-state index contributed by atoms with van der Waals surface area (Å²) in [7, 11) is 0.